The first-order chi connectivity index (χ1) is 9.04. The van der Waals surface area contributed by atoms with Gasteiger partial charge >= 0.3 is 0 Å². The number of nitrogens with one attached hydrogen (secondary N) is 1. The van der Waals surface area contributed by atoms with E-state index in [0.29, 0.717) is 5.56 Å². The molecule has 0 radical (unpaired) electrons. The van der Waals surface area contributed by atoms with Gasteiger partial charge in [-0.15, -0.1) is 11.3 Å². The summed E-state index contributed by atoms with van der Waals surface area (Å²) < 4.78 is 12.7. The van der Waals surface area contributed by atoms with E-state index < -0.39 is 5.95 Å². The van der Waals surface area contributed by atoms with Crippen LogP contribution < -0.4 is 5.32 Å². The zero-order chi connectivity index (χ0) is 13.8. The molecule has 0 aliphatic carbocycles. The Balaban J connectivity index is 1.93. The summed E-state index contributed by atoms with van der Waals surface area (Å²) in [5.41, 5.74) is 0.371. The summed E-state index contributed by atoms with van der Waals surface area (Å²) >= 11 is 1.73. The fraction of sp³-hybridized carbons (Fsp3) is 0.286. The van der Waals surface area contributed by atoms with Crippen LogP contribution in [0.3, 0.4) is 0 Å². The second-order valence-electron chi connectivity index (χ2n) is 4.46. The Bertz CT molecular complexity index is 565. The third kappa shape index (κ3) is 3.86. The van der Waals surface area contributed by atoms with Gasteiger partial charge in [0.25, 0.3) is 5.91 Å². The van der Waals surface area contributed by atoms with Gasteiger partial charge in [-0.1, -0.05) is 0 Å². The SMILES string of the molecule is Cc1ccc(CC(C)NC(=O)c2ccc(F)nc2)s1. The van der Waals surface area contributed by atoms with Gasteiger partial charge in [-0.25, -0.2) is 4.98 Å². The molecule has 0 spiro atoms. The number of carbonyl (C=O) groups excluding carboxylic acids is 1. The third-order valence-electron chi connectivity index (χ3n) is 2.67. The lowest BCUT2D eigenvalue weighted by molar-refractivity contribution is 0.0940. The number of pyridine rings is 1. The van der Waals surface area contributed by atoms with Crippen LogP contribution in [0.1, 0.15) is 27.0 Å². The van der Waals surface area contributed by atoms with E-state index in [1.807, 2.05) is 6.92 Å². The van der Waals surface area contributed by atoms with Gasteiger partial charge in [0.1, 0.15) is 0 Å². The minimum absolute atomic E-state index is 0.0237. The van der Waals surface area contributed by atoms with Gasteiger partial charge in [-0.3, -0.25) is 4.79 Å². The van der Waals surface area contributed by atoms with Gasteiger partial charge < -0.3 is 5.32 Å². The smallest absolute Gasteiger partial charge is 0.253 e. The van der Waals surface area contributed by atoms with Crippen molar-refractivity contribution in [1.29, 1.82) is 0 Å². The molecule has 0 saturated heterocycles. The topological polar surface area (TPSA) is 42.0 Å². The van der Waals surface area contributed by atoms with Crippen LogP contribution in [-0.4, -0.2) is 16.9 Å². The average Bonchev–Trinajstić information content (AvgIpc) is 2.75. The first kappa shape index (κ1) is 13.7. The molecule has 2 aromatic heterocycles. The molecule has 1 N–H and O–H groups in total. The second-order valence-corrected chi connectivity index (χ2v) is 5.83. The lowest BCUT2D eigenvalue weighted by Crippen LogP contribution is -2.33. The number of nitrogens with zero attached hydrogens (tertiary/aromatic N) is 1. The Hall–Kier alpha value is -1.75. The van der Waals surface area contributed by atoms with E-state index in [1.165, 1.54) is 28.1 Å². The Morgan fingerprint density at radius 2 is 2.21 bits per heavy atom. The van der Waals surface area contributed by atoms with E-state index in [2.05, 4.69) is 29.4 Å². The van der Waals surface area contributed by atoms with Crippen LogP contribution in [0.5, 0.6) is 0 Å². The second kappa shape index (κ2) is 5.93. The zero-order valence-corrected chi connectivity index (χ0v) is 11.6. The molecule has 2 heterocycles. The molecule has 0 aliphatic rings. The third-order valence-corrected chi connectivity index (χ3v) is 3.69. The molecule has 100 valence electrons. The zero-order valence-electron chi connectivity index (χ0n) is 10.8. The predicted octanol–water partition coefficient (Wildman–Crippen LogP) is 2.95. The van der Waals surface area contributed by atoms with Gasteiger partial charge in [0.05, 0.1) is 5.56 Å². The summed E-state index contributed by atoms with van der Waals surface area (Å²) in [6.45, 7) is 4.01. The summed E-state index contributed by atoms with van der Waals surface area (Å²) in [5, 5.41) is 2.88. The van der Waals surface area contributed by atoms with Crippen molar-refractivity contribution in [1.82, 2.24) is 10.3 Å². The molecule has 3 nitrogen and oxygen atoms in total. The highest BCUT2D eigenvalue weighted by Gasteiger charge is 2.11. The molecule has 0 aliphatic heterocycles. The van der Waals surface area contributed by atoms with Crippen molar-refractivity contribution in [3.8, 4) is 0 Å². The van der Waals surface area contributed by atoms with Crippen molar-refractivity contribution in [2.45, 2.75) is 26.3 Å². The van der Waals surface area contributed by atoms with Gasteiger partial charge in [0.15, 0.2) is 0 Å². The summed E-state index contributed by atoms with van der Waals surface area (Å²) in [4.78, 5) is 17.9. The largest absolute Gasteiger partial charge is 0.349 e. The number of aryl methyl sites for hydroxylation is 1. The molecule has 19 heavy (non-hydrogen) atoms. The Morgan fingerprint density at radius 1 is 1.42 bits per heavy atom. The van der Waals surface area contributed by atoms with Gasteiger partial charge in [-0.05, 0) is 38.1 Å². The molecule has 1 amide bonds. The Morgan fingerprint density at radius 3 is 2.79 bits per heavy atom. The van der Waals surface area contributed by atoms with Crippen molar-refractivity contribution in [3.05, 3.63) is 51.7 Å². The molecule has 2 rings (SSSR count). The molecule has 1 atom stereocenters. The first-order valence-electron chi connectivity index (χ1n) is 6.02. The molecule has 1 unspecified atom stereocenters. The number of hydrogen-bond donors (Lipinski definition) is 1. The molecule has 0 saturated carbocycles. The number of aromatic nitrogens is 1. The standard InChI is InChI=1S/C14H15FN2OS/c1-9(7-12-5-3-10(2)19-12)17-14(18)11-4-6-13(15)16-8-11/h3-6,8-9H,7H2,1-2H3,(H,17,18). The predicted molar refractivity (Wildman–Crippen MR) is 73.9 cm³/mol. The maximum Gasteiger partial charge on any atom is 0.253 e. The van der Waals surface area contributed by atoms with Crippen LogP contribution in [-0.2, 0) is 6.42 Å². The lowest BCUT2D eigenvalue weighted by atomic mass is 10.2. The molecule has 0 aromatic carbocycles. The van der Waals surface area contributed by atoms with E-state index in [9.17, 15) is 9.18 Å². The summed E-state index contributed by atoms with van der Waals surface area (Å²) in [5.74, 6) is -0.813. The van der Waals surface area contributed by atoms with Crippen LogP contribution >= 0.6 is 11.3 Å². The minimum atomic E-state index is -0.585. The summed E-state index contributed by atoms with van der Waals surface area (Å²) in [6.07, 6.45) is 2.03. The highest BCUT2D eigenvalue weighted by molar-refractivity contribution is 7.11. The number of thiophene rings is 1. The van der Waals surface area contributed by atoms with E-state index >= 15 is 0 Å². The van der Waals surface area contributed by atoms with E-state index in [0.717, 1.165) is 6.42 Å². The Labute approximate surface area is 115 Å². The molecule has 0 fully saturated rings. The summed E-state index contributed by atoms with van der Waals surface area (Å²) in [6, 6.07) is 6.78. The van der Waals surface area contributed by atoms with Gasteiger partial charge in [0.2, 0.25) is 5.95 Å². The van der Waals surface area contributed by atoms with Crippen LogP contribution in [0.15, 0.2) is 30.5 Å². The highest BCUT2D eigenvalue weighted by Crippen LogP contribution is 2.16. The number of halogens is 1. The molecule has 2 aromatic rings. The minimum Gasteiger partial charge on any atom is -0.349 e. The van der Waals surface area contributed by atoms with Crippen molar-refractivity contribution in [3.63, 3.8) is 0 Å². The number of rotatable bonds is 4. The van der Waals surface area contributed by atoms with Crippen molar-refractivity contribution in [2.75, 3.05) is 0 Å². The van der Waals surface area contributed by atoms with Crippen LogP contribution in [0.25, 0.3) is 0 Å². The highest BCUT2D eigenvalue weighted by atomic mass is 32.1. The van der Waals surface area contributed by atoms with Crippen LogP contribution in [0.4, 0.5) is 4.39 Å². The molecular weight excluding hydrogens is 263 g/mol. The number of hydrogen-bond acceptors (Lipinski definition) is 3. The molecular formula is C14H15FN2OS. The fourth-order valence-electron chi connectivity index (χ4n) is 1.76. The number of amides is 1. The lowest BCUT2D eigenvalue weighted by Gasteiger charge is -2.12. The maximum absolute atomic E-state index is 12.7. The average molecular weight is 278 g/mol. The Kier molecular flexibility index (Phi) is 4.27. The normalized spacial score (nSPS) is 12.2. The summed E-state index contributed by atoms with van der Waals surface area (Å²) in [7, 11) is 0. The van der Waals surface area contributed by atoms with Crippen molar-refractivity contribution < 1.29 is 9.18 Å². The van der Waals surface area contributed by atoms with Crippen LogP contribution in [0.2, 0.25) is 0 Å². The van der Waals surface area contributed by atoms with Gasteiger partial charge in [-0.2, -0.15) is 4.39 Å². The monoisotopic (exact) mass is 278 g/mol. The van der Waals surface area contributed by atoms with Crippen molar-refractivity contribution in [2.24, 2.45) is 0 Å². The fourth-order valence-corrected chi connectivity index (χ4v) is 2.78. The van der Waals surface area contributed by atoms with E-state index in [4.69, 9.17) is 0 Å². The van der Waals surface area contributed by atoms with Gasteiger partial charge in [0, 0.05) is 28.4 Å². The quantitative estimate of drug-likeness (QED) is 0.874. The van der Waals surface area contributed by atoms with E-state index in [-0.39, 0.29) is 11.9 Å². The number of carbonyl (C=O) groups is 1. The van der Waals surface area contributed by atoms with E-state index in [1.54, 1.807) is 11.3 Å². The van der Waals surface area contributed by atoms with Crippen molar-refractivity contribution >= 4 is 17.2 Å². The molecule has 5 heteroatoms. The van der Waals surface area contributed by atoms with Crippen LogP contribution in [0, 0.1) is 12.9 Å². The first-order valence-corrected chi connectivity index (χ1v) is 6.84. The maximum atomic E-state index is 12.7. The molecule has 0 bridgehead atoms.